The number of nitrogens with zero attached hydrogens (tertiary/aromatic N) is 3. The number of carbonyl (C=O) groups is 2. The molecule has 1 aliphatic carbocycles. The average molecular weight is 780 g/mol. The van der Waals surface area contributed by atoms with Crippen LogP contribution in [-0.2, 0) is 25.6 Å². The van der Waals surface area contributed by atoms with Gasteiger partial charge in [-0.25, -0.2) is 19.0 Å². The van der Waals surface area contributed by atoms with E-state index in [4.69, 9.17) is 18.7 Å². The maximum absolute atomic E-state index is 15.4. The number of aliphatic hydroxyl groups is 3. The number of fused-ring (bicyclic) bond motifs is 3. The zero-order chi connectivity index (χ0) is 38.1. The van der Waals surface area contributed by atoms with E-state index in [0.29, 0.717) is 34.0 Å². The number of carbonyl (C=O) groups excluding carboxylic acids is 1. The predicted octanol–water partition coefficient (Wildman–Crippen LogP) is 4.63. The number of thiazole rings is 1. The first-order chi connectivity index (χ1) is 25.8. The predicted molar refractivity (Wildman–Crippen MR) is 177 cm³/mol. The number of aliphatic hydroxyl groups excluding tert-OH is 3. The zero-order valence-corrected chi connectivity index (χ0v) is 28.8. The Morgan fingerprint density at radius 1 is 1.00 bits per heavy atom. The molecular weight excluding hydrogens is 746 g/mol. The molecule has 0 amide bonds. The molecule has 0 unspecified atom stereocenters. The van der Waals surface area contributed by atoms with Crippen molar-refractivity contribution in [3.63, 3.8) is 0 Å². The van der Waals surface area contributed by atoms with Crippen LogP contribution in [0.2, 0.25) is 0 Å². The van der Waals surface area contributed by atoms with Crippen LogP contribution in [0, 0.1) is 5.82 Å². The summed E-state index contributed by atoms with van der Waals surface area (Å²) in [6.07, 6.45) is -10.4. The number of piperidine rings is 1. The number of benzene rings is 2. The molecule has 4 N–H and O–H groups in total. The van der Waals surface area contributed by atoms with Crippen LogP contribution < -0.4 is 9.64 Å². The monoisotopic (exact) mass is 779 g/mol. The summed E-state index contributed by atoms with van der Waals surface area (Å²) in [5.41, 5.74) is 0.704. The summed E-state index contributed by atoms with van der Waals surface area (Å²) in [6, 6.07) is 7.97. The van der Waals surface area contributed by atoms with Gasteiger partial charge in [-0.15, -0.1) is 13.2 Å². The summed E-state index contributed by atoms with van der Waals surface area (Å²) < 4.78 is 81.8. The smallest absolute Gasteiger partial charge is 0.479 e. The number of aromatic nitrogens is 2. The van der Waals surface area contributed by atoms with E-state index in [1.54, 1.807) is 6.07 Å². The Labute approximate surface area is 306 Å². The Morgan fingerprint density at radius 3 is 2.41 bits per heavy atom. The van der Waals surface area contributed by atoms with Gasteiger partial charge in [-0.2, -0.15) is 0 Å². The number of aliphatic carboxylic acids is 1. The molecule has 8 atom stereocenters. The van der Waals surface area contributed by atoms with E-state index < -0.39 is 60.6 Å². The van der Waals surface area contributed by atoms with E-state index in [1.165, 1.54) is 24.3 Å². The van der Waals surface area contributed by atoms with Gasteiger partial charge >= 0.3 is 18.3 Å². The summed E-state index contributed by atoms with van der Waals surface area (Å²) in [7, 11) is 0. The number of alkyl halides is 3. The molecule has 0 spiro atoms. The number of anilines is 1. The molecule has 14 nitrogen and oxygen atoms in total. The first-order valence-corrected chi connectivity index (χ1v) is 18.0. The summed E-state index contributed by atoms with van der Waals surface area (Å²) in [6.45, 7) is 0.0692. The Hall–Kier alpha value is -4.40. The summed E-state index contributed by atoms with van der Waals surface area (Å²) >= 11 is 1.16. The quantitative estimate of drug-likeness (QED) is 0.129. The van der Waals surface area contributed by atoms with Crippen LogP contribution in [-0.4, -0.2) is 97.8 Å². The Kier molecular flexibility index (Phi) is 9.50. The molecule has 288 valence electrons. The summed E-state index contributed by atoms with van der Waals surface area (Å²) in [5, 5.41) is 44.1. The van der Waals surface area contributed by atoms with Gasteiger partial charge in [0.2, 0.25) is 6.29 Å². The third-order valence-corrected chi connectivity index (χ3v) is 11.2. The van der Waals surface area contributed by atoms with E-state index in [9.17, 15) is 43.2 Å². The van der Waals surface area contributed by atoms with Gasteiger partial charge in [0, 0.05) is 29.1 Å². The molecular formula is C35H33F4N3O11S. The van der Waals surface area contributed by atoms with Crippen LogP contribution in [0.3, 0.4) is 0 Å². The molecule has 4 aliphatic rings. The highest BCUT2D eigenvalue weighted by molar-refractivity contribution is 7.22. The van der Waals surface area contributed by atoms with Gasteiger partial charge in [0.15, 0.2) is 17.1 Å². The van der Waals surface area contributed by atoms with Crippen molar-refractivity contribution < 1.29 is 71.0 Å². The van der Waals surface area contributed by atoms with Gasteiger partial charge in [-0.05, 0) is 62.8 Å². The Morgan fingerprint density at radius 2 is 1.72 bits per heavy atom. The lowest BCUT2D eigenvalue weighted by Crippen LogP contribution is -2.60. The highest BCUT2D eigenvalue weighted by atomic mass is 32.1. The zero-order valence-electron chi connectivity index (χ0n) is 28.0. The molecule has 2 bridgehead atoms. The van der Waals surface area contributed by atoms with Crippen molar-refractivity contribution >= 4 is 38.6 Å². The van der Waals surface area contributed by atoms with Gasteiger partial charge in [0.25, 0.3) is 0 Å². The van der Waals surface area contributed by atoms with E-state index >= 15 is 4.39 Å². The van der Waals surface area contributed by atoms with Crippen molar-refractivity contribution in [1.29, 1.82) is 0 Å². The van der Waals surface area contributed by atoms with Gasteiger partial charge in [-0.3, -0.25) is 0 Å². The number of hydrogen-bond donors (Lipinski definition) is 4. The third kappa shape index (κ3) is 6.99. The van der Waals surface area contributed by atoms with E-state index in [1.807, 2.05) is 0 Å². The molecule has 0 radical (unpaired) electrons. The number of carboxylic acid groups (broad SMARTS) is 1. The van der Waals surface area contributed by atoms with Crippen molar-refractivity contribution in [2.75, 3.05) is 4.90 Å². The lowest BCUT2D eigenvalue weighted by Gasteiger charge is -2.38. The van der Waals surface area contributed by atoms with Crippen LogP contribution in [0.1, 0.15) is 66.1 Å². The fourth-order valence-electron chi connectivity index (χ4n) is 7.52. The number of carboxylic acids is 1. The van der Waals surface area contributed by atoms with Gasteiger partial charge < -0.3 is 48.8 Å². The van der Waals surface area contributed by atoms with Crippen LogP contribution in [0.4, 0.5) is 22.7 Å². The van der Waals surface area contributed by atoms with Crippen molar-refractivity contribution in [3.8, 4) is 17.0 Å². The van der Waals surface area contributed by atoms with Crippen LogP contribution in [0.5, 0.6) is 5.75 Å². The Bertz CT molecular complexity index is 2060. The standard InChI is InChI=1S/C35H33F4N3O11S/c36-21-9-15(32(48)51-33-28(45)26(43)27(44)30(50-33)31(46)47)10-23-25(21)40-34(54-23)42-16-7-8-17(42)12-18(11-16)49-13-20-24(41-53-29(20)14-5-6-14)19-3-1-2-4-22(19)52-35(37,38)39/h1-4,9-10,14,16-18,26-28,30,33,43-45H,5-8,11-13H2,(H,46,47)/t16-,17+,18-,26-,27-,28+,30-,33-/m0/s1. The molecule has 3 aliphatic heterocycles. The lowest BCUT2D eigenvalue weighted by molar-refractivity contribution is -0.278. The maximum Gasteiger partial charge on any atom is 0.573 e. The first kappa shape index (κ1) is 36.6. The minimum absolute atomic E-state index is 0.0125. The van der Waals surface area contributed by atoms with E-state index in [2.05, 4.69) is 19.8 Å². The topological polar surface area (TPSA) is 194 Å². The number of halogens is 4. The molecule has 4 aromatic rings. The van der Waals surface area contributed by atoms with Crippen LogP contribution >= 0.6 is 11.3 Å². The number of para-hydroxylation sites is 1. The van der Waals surface area contributed by atoms with Crippen molar-refractivity contribution in [3.05, 3.63) is 59.1 Å². The molecule has 2 aromatic heterocycles. The fraction of sp³-hybridized carbons (Fsp3) is 0.486. The number of hydrogen-bond acceptors (Lipinski definition) is 14. The molecule has 4 fully saturated rings. The SMILES string of the molecule is O=C(O[C@@H]1O[C@H](C(=O)O)[C@@H](O)[C@H](O)[C@H]1O)c1cc(F)c2nc(N3[C@@H]4CC[C@H]3C[C@H](OCc3c(-c5ccccc5OC(F)(F)F)noc3C3CC3)C4)sc2c1. The minimum Gasteiger partial charge on any atom is -0.479 e. The molecule has 3 saturated heterocycles. The van der Waals surface area contributed by atoms with E-state index in [-0.39, 0.29) is 53.0 Å². The highest BCUT2D eigenvalue weighted by Crippen LogP contribution is 2.47. The second-order valence-electron chi connectivity index (χ2n) is 13.8. The summed E-state index contributed by atoms with van der Waals surface area (Å²) in [5.74, 6) is -3.34. The number of ether oxygens (including phenoxy) is 4. The van der Waals surface area contributed by atoms with Gasteiger partial charge in [-0.1, -0.05) is 28.6 Å². The van der Waals surface area contributed by atoms with Crippen molar-refractivity contribution in [1.82, 2.24) is 10.1 Å². The second-order valence-corrected chi connectivity index (χ2v) is 14.8. The molecule has 8 rings (SSSR count). The van der Waals surface area contributed by atoms with Gasteiger partial charge in [0.05, 0.1) is 23.0 Å². The second kappa shape index (κ2) is 14.0. The largest absolute Gasteiger partial charge is 0.573 e. The molecule has 19 heteroatoms. The number of esters is 1. The van der Waals surface area contributed by atoms with Gasteiger partial charge in [0.1, 0.15) is 41.0 Å². The van der Waals surface area contributed by atoms with Crippen LogP contribution in [0.25, 0.3) is 21.5 Å². The fourth-order valence-corrected chi connectivity index (χ4v) is 8.68. The van der Waals surface area contributed by atoms with Crippen LogP contribution in [0.15, 0.2) is 40.9 Å². The molecule has 54 heavy (non-hydrogen) atoms. The first-order valence-electron chi connectivity index (χ1n) is 17.2. The molecule has 2 aromatic carbocycles. The van der Waals surface area contributed by atoms with Crippen molar-refractivity contribution in [2.45, 2.75) is 106 Å². The molecule has 5 heterocycles. The molecule has 1 saturated carbocycles. The normalized spacial score (nSPS) is 28.4. The third-order valence-electron chi connectivity index (χ3n) is 10.2. The lowest BCUT2D eigenvalue weighted by atomic mass is 9.99. The van der Waals surface area contributed by atoms with Crippen molar-refractivity contribution in [2.24, 2.45) is 0 Å². The summed E-state index contributed by atoms with van der Waals surface area (Å²) in [4.78, 5) is 31.1. The minimum atomic E-state index is -4.90. The maximum atomic E-state index is 15.4. The van der Waals surface area contributed by atoms with E-state index in [0.717, 1.165) is 43.1 Å². The average Bonchev–Trinajstić information content (AvgIpc) is 3.63. The number of rotatable bonds is 10. The highest BCUT2D eigenvalue weighted by Gasteiger charge is 2.49. The Balaban J connectivity index is 0.963.